The molecule has 2 aromatic heterocycles. The predicted molar refractivity (Wildman–Crippen MR) is 105 cm³/mol. The molecule has 0 unspecified atom stereocenters. The summed E-state index contributed by atoms with van der Waals surface area (Å²) in [7, 11) is 0. The molecule has 0 saturated carbocycles. The Kier molecular flexibility index (Phi) is 7.21. The summed E-state index contributed by atoms with van der Waals surface area (Å²) in [6.45, 7) is 5.85. The summed E-state index contributed by atoms with van der Waals surface area (Å²) in [5, 5.41) is 8.65. The molecule has 28 heavy (non-hydrogen) atoms. The fourth-order valence-electron chi connectivity index (χ4n) is 2.93. The van der Waals surface area contributed by atoms with E-state index in [2.05, 4.69) is 29.7 Å². The van der Waals surface area contributed by atoms with Gasteiger partial charge in [-0.3, -0.25) is 4.79 Å². The van der Waals surface area contributed by atoms with Gasteiger partial charge in [-0.2, -0.15) is 0 Å². The molecule has 0 bridgehead atoms. The fraction of sp³-hybridized carbons (Fsp3) is 0.526. The van der Waals surface area contributed by atoms with Crippen molar-refractivity contribution < 1.29 is 14.6 Å². The number of hydrogen-bond donors (Lipinski definition) is 1. The molecule has 2 aromatic rings. The molecule has 3 heterocycles. The molecule has 1 aliphatic rings. The highest BCUT2D eigenvalue weighted by Crippen LogP contribution is 2.15. The number of ketones is 1. The van der Waals surface area contributed by atoms with Crippen LogP contribution in [0.2, 0.25) is 0 Å². The Morgan fingerprint density at radius 2 is 1.50 bits per heavy atom. The Labute approximate surface area is 164 Å². The fourth-order valence-corrected chi connectivity index (χ4v) is 2.93. The van der Waals surface area contributed by atoms with E-state index in [1.807, 2.05) is 19.3 Å². The normalized spacial score (nSPS) is 14.4. The van der Waals surface area contributed by atoms with E-state index in [-0.39, 0.29) is 12.4 Å². The molecule has 9 heteroatoms. The number of rotatable bonds is 9. The second-order valence-corrected chi connectivity index (χ2v) is 6.67. The van der Waals surface area contributed by atoms with Crippen molar-refractivity contribution in [1.82, 2.24) is 19.9 Å². The van der Waals surface area contributed by atoms with Crippen LogP contribution in [-0.4, -0.2) is 76.8 Å². The minimum atomic E-state index is -0.00441. The zero-order chi connectivity index (χ0) is 19.8. The van der Waals surface area contributed by atoms with Gasteiger partial charge >= 0.3 is 0 Å². The van der Waals surface area contributed by atoms with Gasteiger partial charge in [0.25, 0.3) is 0 Å². The molecule has 0 atom stereocenters. The van der Waals surface area contributed by atoms with Crippen molar-refractivity contribution >= 4 is 17.7 Å². The Morgan fingerprint density at radius 3 is 2.04 bits per heavy atom. The first kappa shape index (κ1) is 20.1. The van der Waals surface area contributed by atoms with Crippen molar-refractivity contribution in [3.63, 3.8) is 0 Å². The Morgan fingerprint density at radius 1 is 0.964 bits per heavy atom. The number of aliphatic hydroxyl groups excluding tert-OH is 1. The number of hydrogen-bond acceptors (Lipinski definition) is 9. The topological polar surface area (TPSA) is 105 Å². The van der Waals surface area contributed by atoms with Crippen LogP contribution in [0.3, 0.4) is 0 Å². The van der Waals surface area contributed by atoms with Gasteiger partial charge in [0.05, 0.1) is 18.8 Å². The third-order valence-corrected chi connectivity index (χ3v) is 4.50. The van der Waals surface area contributed by atoms with Crippen molar-refractivity contribution in [3.05, 3.63) is 35.9 Å². The highest BCUT2D eigenvalue weighted by molar-refractivity contribution is 5.95. The van der Waals surface area contributed by atoms with Crippen LogP contribution >= 0.6 is 0 Å². The van der Waals surface area contributed by atoms with Gasteiger partial charge in [-0.15, -0.1) is 0 Å². The van der Waals surface area contributed by atoms with E-state index in [1.54, 1.807) is 12.4 Å². The molecule has 0 radical (unpaired) electrons. The number of Topliss-reactive ketones (excluding diaryl/α,β-unsaturated/α-hetero) is 1. The van der Waals surface area contributed by atoms with E-state index in [4.69, 9.17) is 9.84 Å². The van der Waals surface area contributed by atoms with Crippen LogP contribution in [0.1, 0.15) is 28.8 Å². The molecule has 1 fully saturated rings. The smallest absolute Gasteiger partial charge is 0.225 e. The molecular formula is C19H26N6O3. The number of aryl methyl sites for hydroxylation is 1. The lowest BCUT2D eigenvalue weighted by Crippen LogP contribution is -2.47. The first-order chi connectivity index (χ1) is 13.7. The number of carbonyl (C=O) groups excluding carboxylic acids is 1. The minimum Gasteiger partial charge on any atom is -0.394 e. The van der Waals surface area contributed by atoms with E-state index in [9.17, 15) is 4.79 Å². The Balaban J connectivity index is 1.47. The highest BCUT2D eigenvalue weighted by Gasteiger charge is 2.21. The van der Waals surface area contributed by atoms with Crippen LogP contribution in [0.15, 0.2) is 24.8 Å². The van der Waals surface area contributed by atoms with Crippen molar-refractivity contribution in [2.24, 2.45) is 0 Å². The van der Waals surface area contributed by atoms with Gasteiger partial charge in [0.1, 0.15) is 0 Å². The van der Waals surface area contributed by atoms with Crippen LogP contribution in [0.25, 0.3) is 0 Å². The first-order valence-corrected chi connectivity index (χ1v) is 9.50. The molecule has 0 amide bonds. The molecule has 9 nitrogen and oxygen atoms in total. The molecule has 1 aliphatic heterocycles. The minimum absolute atomic E-state index is 0.000451. The average Bonchev–Trinajstić information content (AvgIpc) is 2.74. The van der Waals surface area contributed by atoms with Crippen molar-refractivity contribution in [3.8, 4) is 0 Å². The van der Waals surface area contributed by atoms with Crippen LogP contribution in [0.5, 0.6) is 0 Å². The summed E-state index contributed by atoms with van der Waals surface area (Å²) in [6, 6.07) is 0. The van der Waals surface area contributed by atoms with Gasteiger partial charge in [-0.1, -0.05) is 0 Å². The lowest BCUT2D eigenvalue weighted by Gasteiger charge is -2.34. The molecule has 0 aromatic carbocycles. The summed E-state index contributed by atoms with van der Waals surface area (Å²) in [5.41, 5.74) is 1.56. The summed E-state index contributed by atoms with van der Waals surface area (Å²) >= 11 is 0. The summed E-state index contributed by atoms with van der Waals surface area (Å²) in [4.78, 5) is 33.9. The standard InChI is InChI=1S/C19H26N6O3/c1-15-11-20-18(21-12-15)24-4-6-25(7-5-24)19-22-13-16(14-23-19)17(27)3-2-9-28-10-8-26/h11-14,26H,2-10H2,1H3. The third-order valence-electron chi connectivity index (χ3n) is 4.50. The maximum Gasteiger partial charge on any atom is 0.225 e. The quantitative estimate of drug-likeness (QED) is 0.496. The van der Waals surface area contributed by atoms with Crippen molar-refractivity contribution in [2.45, 2.75) is 19.8 Å². The molecular weight excluding hydrogens is 360 g/mol. The monoisotopic (exact) mass is 386 g/mol. The second-order valence-electron chi connectivity index (χ2n) is 6.67. The number of piperazine rings is 1. The first-order valence-electron chi connectivity index (χ1n) is 9.50. The molecule has 1 saturated heterocycles. The summed E-state index contributed by atoms with van der Waals surface area (Å²) < 4.78 is 5.16. The van der Waals surface area contributed by atoms with Crippen LogP contribution in [-0.2, 0) is 4.74 Å². The zero-order valence-corrected chi connectivity index (χ0v) is 16.1. The molecule has 0 aliphatic carbocycles. The number of carbonyl (C=O) groups is 1. The highest BCUT2D eigenvalue weighted by atomic mass is 16.5. The third kappa shape index (κ3) is 5.43. The molecule has 1 N–H and O–H groups in total. The van der Waals surface area contributed by atoms with Gasteiger partial charge in [0.15, 0.2) is 5.78 Å². The van der Waals surface area contributed by atoms with Crippen molar-refractivity contribution in [1.29, 1.82) is 0 Å². The largest absolute Gasteiger partial charge is 0.394 e. The average molecular weight is 386 g/mol. The second kappa shape index (κ2) is 10.0. The molecule has 0 spiro atoms. The van der Waals surface area contributed by atoms with Crippen LogP contribution < -0.4 is 9.80 Å². The van der Waals surface area contributed by atoms with Gasteiger partial charge in [0, 0.05) is 64.0 Å². The Hall–Kier alpha value is -2.65. The molecule has 3 rings (SSSR count). The maximum absolute atomic E-state index is 12.2. The summed E-state index contributed by atoms with van der Waals surface area (Å²) in [5.74, 6) is 1.38. The van der Waals surface area contributed by atoms with Gasteiger partial charge < -0.3 is 19.6 Å². The predicted octanol–water partition coefficient (Wildman–Crippen LogP) is 0.873. The number of aliphatic hydroxyl groups is 1. The van der Waals surface area contributed by atoms with Crippen LogP contribution in [0.4, 0.5) is 11.9 Å². The number of anilines is 2. The lowest BCUT2D eigenvalue weighted by molar-refractivity contribution is 0.0832. The number of nitrogens with zero attached hydrogens (tertiary/aromatic N) is 6. The number of ether oxygens (including phenoxy) is 1. The van der Waals surface area contributed by atoms with Gasteiger partial charge in [-0.25, -0.2) is 19.9 Å². The van der Waals surface area contributed by atoms with E-state index in [0.717, 1.165) is 37.7 Å². The lowest BCUT2D eigenvalue weighted by atomic mass is 10.1. The SMILES string of the molecule is Cc1cnc(N2CCN(c3ncc(C(=O)CCCOCCO)cn3)CC2)nc1. The summed E-state index contributed by atoms with van der Waals surface area (Å²) in [6.07, 6.45) is 7.83. The Bertz CT molecular complexity index is 745. The van der Waals surface area contributed by atoms with Gasteiger partial charge in [0.2, 0.25) is 11.9 Å². The zero-order valence-electron chi connectivity index (χ0n) is 16.1. The van der Waals surface area contributed by atoms with Gasteiger partial charge in [-0.05, 0) is 18.9 Å². The van der Waals surface area contributed by atoms with Crippen molar-refractivity contribution in [2.75, 3.05) is 55.8 Å². The van der Waals surface area contributed by atoms with Crippen LogP contribution in [0, 0.1) is 6.92 Å². The maximum atomic E-state index is 12.2. The van der Waals surface area contributed by atoms with E-state index < -0.39 is 0 Å². The number of aromatic nitrogens is 4. The van der Waals surface area contributed by atoms with E-state index in [0.29, 0.717) is 37.6 Å². The molecule has 150 valence electrons. The van der Waals surface area contributed by atoms with E-state index in [1.165, 1.54) is 0 Å². The van der Waals surface area contributed by atoms with E-state index >= 15 is 0 Å².